The maximum absolute atomic E-state index is 8.54. The lowest BCUT2D eigenvalue weighted by Crippen LogP contribution is -2.22. The average molecular weight is 178 g/mol. The fraction of sp³-hybridized carbons (Fsp3) is 1.00. The monoisotopic (exact) mass is 178 g/mol. The molecule has 12 heavy (non-hydrogen) atoms. The summed E-state index contributed by atoms with van der Waals surface area (Å²) in [6, 6.07) is -0.00926. The Morgan fingerprint density at radius 3 is 1.75 bits per heavy atom. The molecule has 0 radical (unpaired) electrons. The van der Waals surface area contributed by atoms with Crippen LogP contribution < -0.4 is 11.5 Å². The highest BCUT2D eigenvalue weighted by Gasteiger charge is 1.91. The van der Waals surface area contributed by atoms with E-state index in [1.807, 2.05) is 13.8 Å². The number of rotatable bonds is 4. The minimum atomic E-state index is -0.287. The second-order valence-electron chi connectivity index (χ2n) is 2.65. The van der Waals surface area contributed by atoms with Crippen molar-refractivity contribution in [2.75, 3.05) is 13.2 Å². The summed E-state index contributed by atoms with van der Waals surface area (Å²) in [4.78, 5) is 0. The van der Waals surface area contributed by atoms with Gasteiger partial charge in [-0.25, -0.2) is 0 Å². The maximum atomic E-state index is 8.54. The SMILES string of the molecule is CCC(N)CO.CCC(O)CN. The van der Waals surface area contributed by atoms with Crippen LogP contribution in [0.1, 0.15) is 26.7 Å². The summed E-state index contributed by atoms with van der Waals surface area (Å²) >= 11 is 0. The molecule has 0 aromatic carbocycles. The van der Waals surface area contributed by atoms with E-state index in [9.17, 15) is 0 Å². The Hall–Kier alpha value is -0.160. The third-order valence-corrected chi connectivity index (χ3v) is 1.50. The first kappa shape index (κ1) is 14.4. The topological polar surface area (TPSA) is 92.5 Å². The van der Waals surface area contributed by atoms with Gasteiger partial charge in [0.05, 0.1) is 12.7 Å². The second-order valence-corrected chi connectivity index (χ2v) is 2.65. The normalized spacial score (nSPS) is 14.5. The van der Waals surface area contributed by atoms with Gasteiger partial charge < -0.3 is 21.7 Å². The zero-order valence-corrected chi connectivity index (χ0v) is 8.03. The van der Waals surface area contributed by atoms with Crippen molar-refractivity contribution < 1.29 is 10.2 Å². The Bertz CT molecular complexity index is 63.5. The van der Waals surface area contributed by atoms with Crippen molar-refractivity contribution in [3.05, 3.63) is 0 Å². The van der Waals surface area contributed by atoms with E-state index in [1.54, 1.807) is 0 Å². The quantitative estimate of drug-likeness (QED) is 0.464. The molecule has 0 aromatic rings. The molecule has 0 heterocycles. The van der Waals surface area contributed by atoms with Gasteiger partial charge in [0, 0.05) is 12.6 Å². The van der Waals surface area contributed by atoms with Crippen molar-refractivity contribution in [1.82, 2.24) is 0 Å². The Labute approximate surface area is 74.6 Å². The van der Waals surface area contributed by atoms with Gasteiger partial charge in [0.15, 0.2) is 0 Å². The molecule has 0 aliphatic heterocycles. The first-order chi connectivity index (χ1) is 5.62. The predicted molar refractivity (Wildman–Crippen MR) is 50.7 cm³/mol. The summed E-state index contributed by atoms with van der Waals surface area (Å²) in [7, 11) is 0. The van der Waals surface area contributed by atoms with E-state index in [-0.39, 0.29) is 18.8 Å². The van der Waals surface area contributed by atoms with Crippen molar-refractivity contribution in [3.8, 4) is 0 Å². The van der Waals surface area contributed by atoms with Crippen molar-refractivity contribution >= 4 is 0 Å². The molecular weight excluding hydrogens is 156 g/mol. The van der Waals surface area contributed by atoms with E-state index in [1.165, 1.54) is 0 Å². The zero-order chi connectivity index (χ0) is 9.98. The molecule has 6 N–H and O–H groups in total. The molecule has 4 nitrogen and oxygen atoms in total. The molecule has 0 spiro atoms. The third-order valence-electron chi connectivity index (χ3n) is 1.50. The van der Waals surface area contributed by atoms with Gasteiger partial charge in [0.1, 0.15) is 0 Å². The van der Waals surface area contributed by atoms with Crippen molar-refractivity contribution in [2.45, 2.75) is 38.8 Å². The molecule has 0 saturated carbocycles. The Kier molecular flexibility index (Phi) is 13.0. The summed E-state index contributed by atoms with van der Waals surface area (Å²) in [5.41, 5.74) is 10.3. The Morgan fingerprint density at radius 2 is 1.75 bits per heavy atom. The minimum absolute atomic E-state index is 0.00926. The molecule has 4 heteroatoms. The van der Waals surface area contributed by atoms with Gasteiger partial charge in [-0.2, -0.15) is 0 Å². The van der Waals surface area contributed by atoms with Crippen LogP contribution in [0.2, 0.25) is 0 Å². The summed E-state index contributed by atoms with van der Waals surface area (Å²) < 4.78 is 0. The molecule has 0 aliphatic carbocycles. The lowest BCUT2D eigenvalue weighted by molar-refractivity contribution is 0.179. The molecule has 0 aliphatic rings. The Balaban J connectivity index is 0. The highest BCUT2D eigenvalue weighted by atomic mass is 16.3. The molecular formula is C8H22N2O2. The van der Waals surface area contributed by atoms with E-state index in [0.29, 0.717) is 6.54 Å². The van der Waals surface area contributed by atoms with Gasteiger partial charge in [0.25, 0.3) is 0 Å². The molecule has 0 rings (SSSR count). The van der Waals surface area contributed by atoms with Crippen LogP contribution in [0.3, 0.4) is 0 Å². The smallest absolute Gasteiger partial charge is 0.0659 e. The fourth-order valence-corrected chi connectivity index (χ4v) is 0.296. The highest BCUT2D eigenvalue weighted by Crippen LogP contribution is 1.81. The standard InChI is InChI=1S/2C4H11NO/c1-2-4(5)3-6;1-2-4(6)3-5/h2*4,6H,2-3,5H2,1H3. The second kappa shape index (κ2) is 10.8. The van der Waals surface area contributed by atoms with Gasteiger partial charge >= 0.3 is 0 Å². The van der Waals surface area contributed by atoms with Crippen LogP contribution in [0.25, 0.3) is 0 Å². The van der Waals surface area contributed by atoms with E-state index < -0.39 is 0 Å². The van der Waals surface area contributed by atoms with Crippen LogP contribution in [-0.2, 0) is 0 Å². The number of aliphatic hydroxyl groups excluding tert-OH is 2. The molecule has 2 atom stereocenters. The third kappa shape index (κ3) is 12.5. The largest absolute Gasteiger partial charge is 0.395 e. The molecule has 0 bridgehead atoms. The lowest BCUT2D eigenvalue weighted by atomic mass is 10.3. The van der Waals surface area contributed by atoms with E-state index in [2.05, 4.69) is 0 Å². The van der Waals surface area contributed by atoms with Crippen LogP contribution in [0.5, 0.6) is 0 Å². The number of nitrogens with two attached hydrogens (primary N) is 2. The summed E-state index contributed by atoms with van der Waals surface area (Å²) in [6.07, 6.45) is 1.33. The number of hydrogen-bond donors (Lipinski definition) is 4. The zero-order valence-electron chi connectivity index (χ0n) is 8.03. The van der Waals surface area contributed by atoms with Gasteiger partial charge in [-0.1, -0.05) is 13.8 Å². The number of aliphatic hydroxyl groups is 2. The van der Waals surface area contributed by atoms with E-state index in [0.717, 1.165) is 12.8 Å². The maximum Gasteiger partial charge on any atom is 0.0659 e. The molecule has 0 fully saturated rings. The van der Waals surface area contributed by atoms with Gasteiger partial charge in [0.2, 0.25) is 0 Å². The fourth-order valence-electron chi connectivity index (χ4n) is 0.296. The average Bonchev–Trinajstić information content (AvgIpc) is 2.16. The van der Waals surface area contributed by atoms with Crippen LogP contribution in [0.15, 0.2) is 0 Å². The minimum Gasteiger partial charge on any atom is -0.395 e. The van der Waals surface area contributed by atoms with Gasteiger partial charge in [-0.15, -0.1) is 0 Å². The predicted octanol–water partition coefficient (Wildman–Crippen LogP) is -0.568. The van der Waals surface area contributed by atoms with Crippen LogP contribution in [-0.4, -0.2) is 35.5 Å². The summed E-state index contributed by atoms with van der Waals surface area (Å²) in [5, 5.41) is 16.8. The number of hydrogen-bond acceptors (Lipinski definition) is 4. The van der Waals surface area contributed by atoms with E-state index >= 15 is 0 Å². The molecule has 0 amide bonds. The van der Waals surface area contributed by atoms with Crippen molar-refractivity contribution in [1.29, 1.82) is 0 Å². The van der Waals surface area contributed by atoms with Crippen LogP contribution in [0.4, 0.5) is 0 Å². The molecule has 2 unspecified atom stereocenters. The van der Waals surface area contributed by atoms with Crippen LogP contribution >= 0.6 is 0 Å². The Morgan fingerprint density at radius 1 is 1.25 bits per heavy atom. The summed E-state index contributed by atoms with van der Waals surface area (Å²) in [6.45, 7) is 4.34. The highest BCUT2D eigenvalue weighted by molar-refractivity contribution is 4.51. The first-order valence-corrected chi connectivity index (χ1v) is 4.36. The van der Waals surface area contributed by atoms with Crippen LogP contribution in [0, 0.1) is 0 Å². The van der Waals surface area contributed by atoms with Gasteiger partial charge in [-0.3, -0.25) is 0 Å². The molecule has 76 valence electrons. The van der Waals surface area contributed by atoms with Crippen molar-refractivity contribution in [3.63, 3.8) is 0 Å². The molecule has 0 saturated heterocycles. The van der Waals surface area contributed by atoms with Crippen molar-refractivity contribution in [2.24, 2.45) is 11.5 Å². The van der Waals surface area contributed by atoms with E-state index in [4.69, 9.17) is 21.7 Å². The van der Waals surface area contributed by atoms with Gasteiger partial charge in [-0.05, 0) is 12.8 Å². The lowest BCUT2D eigenvalue weighted by Gasteiger charge is -1.98. The molecule has 0 aromatic heterocycles. The summed E-state index contributed by atoms with van der Waals surface area (Å²) in [5.74, 6) is 0. The first-order valence-electron chi connectivity index (χ1n) is 4.36.